The zero-order valence-corrected chi connectivity index (χ0v) is 11.4. The minimum Gasteiger partial charge on any atom is -0.279 e. The van der Waals surface area contributed by atoms with Crippen molar-refractivity contribution < 1.29 is 13.3 Å². The molecule has 0 amide bonds. The summed E-state index contributed by atoms with van der Waals surface area (Å²) in [4.78, 5) is 13.5. The third-order valence-electron chi connectivity index (χ3n) is 2.34. The molecule has 0 aliphatic rings. The summed E-state index contributed by atoms with van der Waals surface area (Å²) in [6, 6.07) is 7.34. The van der Waals surface area contributed by atoms with Gasteiger partial charge in [-0.05, 0) is 24.3 Å². The summed E-state index contributed by atoms with van der Waals surface area (Å²) >= 11 is 5.65. The van der Waals surface area contributed by atoms with Crippen LogP contribution in [0.15, 0.2) is 47.5 Å². The Kier molecular flexibility index (Phi) is 3.86. The number of benzene rings is 1. The third kappa shape index (κ3) is 3.22. The number of nitrogens with one attached hydrogen (secondary N) is 1. The number of non-ortho nitro benzene ring substituents is 1. The van der Waals surface area contributed by atoms with Crippen LogP contribution >= 0.6 is 11.6 Å². The van der Waals surface area contributed by atoms with E-state index in [9.17, 15) is 18.5 Å². The number of sulfonamides is 1. The van der Waals surface area contributed by atoms with E-state index in [1.165, 1.54) is 18.3 Å². The van der Waals surface area contributed by atoms with Crippen LogP contribution in [0.2, 0.25) is 5.15 Å². The lowest BCUT2D eigenvalue weighted by Gasteiger charge is -2.07. The molecular formula is C11H8ClN3O4S. The number of nitrogens with zero attached hydrogens (tertiary/aromatic N) is 2. The van der Waals surface area contributed by atoms with Gasteiger partial charge in [0, 0.05) is 18.3 Å². The molecule has 2 aromatic rings. The maximum absolute atomic E-state index is 12.0. The monoisotopic (exact) mass is 313 g/mol. The molecule has 0 unspecified atom stereocenters. The van der Waals surface area contributed by atoms with Crippen LogP contribution in [-0.4, -0.2) is 18.3 Å². The van der Waals surface area contributed by atoms with Crippen molar-refractivity contribution in [3.63, 3.8) is 0 Å². The zero-order chi connectivity index (χ0) is 14.8. The Labute approximate surface area is 119 Å². The fourth-order valence-electron chi connectivity index (χ4n) is 1.43. The number of hydrogen-bond acceptors (Lipinski definition) is 5. The SMILES string of the molecule is O=[N+]([O-])c1ccc(S(=O)(=O)Nc2ccnc(Cl)c2)cc1. The molecule has 0 saturated carbocycles. The van der Waals surface area contributed by atoms with Gasteiger partial charge >= 0.3 is 0 Å². The third-order valence-corrected chi connectivity index (χ3v) is 3.94. The highest BCUT2D eigenvalue weighted by Crippen LogP contribution is 2.20. The van der Waals surface area contributed by atoms with E-state index in [1.807, 2.05) is 0 Å². The van der Waals surface area contributed by atoms with Gasteiger partial charge in [-0.1, -0.05) is 11.6 Å². The first kappa shape index (κ1) is 14.2. The van der Waals surface area contributed by atoms with Crippen molar-refractivity contribution in [3.8, 4) is 0 Å². The molecule has 2 rings (SSSR count). The zero-order valence-electron chi connectivity index (χ0n) is 9.86. The Bertz CT molecular complexity index is 747. The highest BCUT2D eigenvalue weighted by Gasteiger charge is 2.16. The summed E-state index contributed by atoms with van der Waals surface area (Å²) in [5.74, 6) is 0. The van der Waals surface area contributed by atoms with Crippen LogP contribution in [0.25, 0.3) is 0 Å². The minimum absolute atomic E-state index is 0.0870. The molecule has 0 atom stereocenters. The van der Waals surface area contributed by atoms with Crippen molar-refractivity contribution in [2.45, 2.75) is 4.90 Å². The molecule has 0 bridgehead atoms. The summed E-state index contributed by atoms with van der Waals surface area (Å²) in [5.41, 5.74) is 0.0688. The second-order valence-corrected chi connectivity index (χ2v) is 5.79. The normalized spacial score (nSPS) is 11.1. The van der Waals surface area contributed by atoms with Crippen molar-refractivity contribution >= 4 is 33.0 Å². The molecule has 9 heteroatoms. The van der Waals surface area contributed by atoms with Crippen LogP contribution in [0.3, 0.4) is 0 Å². The summed E-state index contributed by atoms with van der Waals surface area (Å²) in [7, 11) is -3.83. The molecule has 1 aromatic heterocycles. The second-order valence-electron chi connectivity index (χ2n) is 3.72. The van der Waals surface area contributed by atoms with E-state index >= 15 is 0 Å². The molecule has 1 aromatic carbocycles. The molecule has 0 saturated heterocycles. The standard InChI is InChI=1S/C11H8ClN3O4S/c12-11-7-8(5-6-13-11)14-20(18,19)10-3-1-9(2-4-10)15(16)17/h1-7H,(H,13,14). The predicted molar refractivity (Wildman–Crippen MR) is 73.2 cm³/mol. The first-order valence-electron chi connectivity index (χ1n) is 5.27. The van der Waals surface area contributed by atoms with Gasteiger partial charge in [0.25, 0.3) is 15.7 Å². The fourth-order valence-corrected chi connectivity index (χ4v) is 2.65. The van der Waals surface area contributed by atoms with E-state index in [2.05, 4.69) is 9.71 Å². The maximum Gasteiger partial charge on any atom is 0.269 e. The Hall–Kier alpha value is -2.19. The van der Waals surface area contributed by atoms with E-state index in [-0.39, 0.29) is 21.4 Å². The van der Waals surface area contributed by atoms with Gasteiger partial charge in [0.05, 0.1) is 15.5 Å². The van der Waals surface area contributed by atoms with Gasteiger partial charge < -0.3 is 0 Å². The average molecular weight is 314 g/mol. The largest absolute Gasteiger partial charge is 0.279 e. The minimum atomic E-state index is -3.83. The highest BCUT2D eigenvalue weighted by atomic mass is 35.5. The number of hydrogen-bond donors (Lipinski definition) is 1. The summed E-state index contributed by atoms with van der Waals surface area (Å²) in [5, 5.41) is 10.7. The Morgan fingerprint density at radius 1 is 1.20 bits per heavy atom. The molecule has 0 radical (unpaired) electrons. The number of nitro benzene ring substituents is 1. The molecule has 7 nitrogen and oxygen atoms in total. The van der Waals surface area contributed by atoms with Crippen LogP contribution in [0.4, 0.5) is 11.4 Å². The van der Waals surface area contributed by atoms with Crippen molar-refractivity contribution in [2.24, 2.45) is 0 Å². The van der Waals surface area contributed by atoms with E-state index in [0.29, 0.717) is 0 Å². The van der Waals surface area contributed by atoms with Crippen LogP contribution in [-0.2, 0) is 10.0 Å². The summed E-state index contributed by atoms with van der Waals surface area (Å²) in [6.45, 7) is 0. The number of pyridine rings is 1. The number of rotatable bonds is 4. The van der Waals surface area contributed by atoms with Gasteiger partial charge in [-0.25, -0.2) is 13.4 Å². The van der Waals surface area contributed by atoms with Gasteiger partial charge in [0.2, 0.25) is 0 Å². The van der Waals surface area contributed by atoms with E-state index in [4.69, 9.17) is 11.6 Å². The molecule has 1 N–H and O–H groups in total. The summed E-state index contributed by atoms with van der Waals surface area (Å²) in [6.07, 6.45) is 1.36. The van der Waals surface area contributed by atoms with Gasteiger partial charge in [-0.3, -0.25) is 14.8 Å². The van der Waals surface area contributed by atoms with Crippen LogP contribution in [0.5, 0.6) is 0 Å². The number of nitro groups is 1. The second kappa shape index (κ2) is 5.43. The smallest absolute Gasteiger partial charge is 0.269 e. The fraction of sp³-hybridized carbons (Fsp3) is 0. The van der Waals surface area contributed by atoms with Gasteiger partial charge in [0.15, 0.2) is 0 Å². The lowest BCUT2D eigenvalue weighted by atomic mass is 10.3. The lowest BCUT2D eigenvalue weighted by molar-refractivity contribution is -0.384. The average Bonchev–Trinajstić information content (AvgIpc) is 2.38. The maximum atomic E-state index is 12.0. The molecular weight excluding hydrogens is 306 g/mol. The Balaban J connectivity index is 2.28. The lowest BCUT2D eigenvalue weighted by Crippen LogP contribution is -2.12. The van der Waals surface area contributed by atoms with Crippen LogP contribution < -0.4 is 4.72 Å². The van der Waals surface area contributed by atoms with Crippen molar-refractivity contribution in [3.05, 3.63) is 57.9 Å². The van der Waals surface area contributed by atoms with Crippen LogP contribution in [0, 0.1) is 10.1 Å². The molecule has 0 aliphatic heterocycles. The van der Waals surface area contributed by atoms with Crippen LogP contribution in [0.1, 0.15) is 0 Å². The number of halogens is 1. The van der Waals surface area contributed by atoms with Crippen molar-refractivity contribution in [1.82, 2.24) is 4.98 Å². The Morgan fingerprint density at radius 2 is 1.85 bits per heavy atom. The highest BCUT2D eigenvalue weighted by molar-refractivity contribution is 7.92. The summed E-state index contributed by atoms with van der Waals surface area (Å²) < 4.78 is 26.4. The Morgan fingerprint density at radius 3 is 2.40 bits per heavy atom. The topological polar surface area (TPSA) is 102 Å². The first-order valence-corrected chi connectivity index (χ1v) is 7.13. The molecule has 0 spiro atoms. The molecule has 104 valence electrons. The van der Waals surface area contributed by atoms with Crippen molar-refractivity contribution in [1.29, 1.82) is 0 Å². The van der Waals surface area contributed by atoms with Gasteiger partial charge in [-0.2, -0.15) is 0 Å². The quantitative estimate of drug-likeness (QED) is 0.530. The molecule has 20 heavy (non-hydrogen) atoms. The van der Waals surface area contributed by atoms with E-state index < -0.39 is 14.9 Å². The number of anilines is 1. The van der Waals surface area contributed by atoms with E-state index in [1.54, 1.807) is 0 Å². The molecule has 1 heterocycles. The van der Waals surface area contributed by atoms with Gasteiger partial charge in [-0.15, -0.1) is 0 Å². The van der Waals surface area contributed by atoms with Gasteiger partial charge in [0.1, 0.15) is 5.15 Å². The molecule has 0 aliphatic carbocycles. The molecule has 0 fully saturated rings. The predicted octanol–water partition coefficient (Wildman–Crippen LogP) is 2.44. The first-order chi connectivity index (χ1) is 9.38. The number of aromatic nitrogens is 1. The van der Waals surface area contributed by atoms with Crippen molar-refractivity contribution in [2.75, 3.05) is 4.72 Å². The van der Waals surface area contributed by atoms with E-state index in [0.717, 1.165) is 24.3 Å².